The number of nitrogens with zero attached hydrogens (tertiary/aromatic N) is 2. The largest absolute Gasteiger partial charge is 0.379 e. The van der Waals surface area contributed by atoms with Gasteiger partial charge in [0.2, 0.25) is 0 Å². The molecular weight excluding hydrogens is 208 g/mol. The summed E-state index contributed by atoms with van der Waals surface area (Å²) in [6.07, 6.45) is 1.04. The molecule has 0 radical (unpaired) electrons. The first-order valence-corrected chi connectivity index (χ1v) is 6.42. The highest BCUT2D eigenvalue weighted by molar-refractivity contribution is 7.09. The highest BCUT2D eigenvalue weighted by Gasteiger charge is 2.19. The summed E-state index contributed by atoms with van der Waals surface area (Å²) in [5, 5.41) is 3.42. The van der Waals surface area contributed by atoms with E-state index in [0.29, 0.717) is 6.04 Å². The van der Waals surface area contributed by atoms with E-state index in [2.05, 4.69) is 29.1 Å². The number of thiazole rings is 1. The lowest BCUT2D eigenvalue weighted by molar-refractivity contribution is -0.00484. The van der Waals surface area contributed by atoms with Gasteiger partial charge in [-0.1, -0.05) is 6.92 Å². The van der Waals surface area contributed by atoms with Crippen molar-refractivity contribution in [2.45, 2.75) is 32.9 Å². The van der Waals surface area contributed by atoms with Crippen LogP contribution in [0.2, 0.25) is 0 Å². The Bertz CT molecular complexity index is 313. The molecule has 1 aromatic rings. The molecule has 4 heteroatoms. The van der Waals surface area contributed by atoms with Crippen LogP contribution >= 0.6 is 11.3 Å². The summed E-state index contributed by atoms with van der Waals surface area (Å²) in [7, 11) is 0. The molecule has 0 spiro atoms. The molecule has 0 saturated carbocycles. The van der Waals surface area contributed by atoms with Crippen molar-refractivity contribution >= 4 is 11.3 Å². The van der Waals surface area contributed by atoms with E-state index in [9.17, 15) is 0 Å². The van der Waals surface area contributed by atoms with E-state index in [4.69, 9.17) is 4.74 Å². The third-order valence-corrected chi connectivity index (χ3v) is 3.81. The summed E-state index contributed by atoms with van der Waals surface area (Å²) in [5.74, 6) is 0. The molecular formula is C11H18N2OS. The summed E-state index contributed by atoms with van der Waals surface area (Å²) in [4.78, 5) is 7.04. The van der Waals surface area contributed by atoms with Gasteiger partial charge in [-0.2, -0.15) is 0 Å². The third-order valence-electron chi connectivity index (χ3n) is 2.77. The number of rotatable bonds is 3. The molecule has 1 aliphatic heterocycles. The zero-order valence-corrected chi connectivity index (χ0v) is 10.2. The third kappa shape index (κ3) is 2.77. The highest BCUT2D eigenvalue weighted by Crippen LogP contribution is 2.15. The maximum Gasteiger partial charge on any atom is 0.0926 e. The van der Waals surface area contributed by atoms with Gasteiger partial charge in [-0.25, -0.2) is 4.98 Å². The van der Waals surface area contributed by atoms with Crippen LogP contribution in [0, 0.1) is 0 Å². The molecule has 1 aliphatic rings. The summed E-state index contributed by atoms with van der Waals surface area (Å²) >= 11 is 1.77. The Morgan fingerprint density at radius 1 is 1.67 bits per heavy atom. The van der Waals surface area contributed by atoms with Crippen LogP contribution in [0.25, 0.3) is 0 Å². The first-order chi connectivity index (χ1) is 7.29. The molecule has 2 rings (SSSR count). The van der Waals surface area contributed by atoms with Gasteiger partial charge in [-0.05, 0) is 13.3 Å². The predicted molar refractivity (Wildman–Crippen MR) is 62.2 cm³/mol. The average molecular weight is 226 g/mol. The molecule has 15 heavy (non-hydrogen) atoms. The lowest BCUT2D eigenvalue weighted by atomic mass is 10.2. The predicted octanol–water partition coefficient (Wildman–Crippen LogP) is 1.93. The number of aryl methyl sites for hydroxylation is 1. The minimum absolute atomic E-state index is 0.519. The van der Waals surface area contributed by atoms with Crippen molar-refractivity contribution < 1.29 is 4.74 Å². The van der Waals surface area contributed by atoms with Crippen molar-refractivity contribution in [3.8, 4) is 0 Å². The van der Waals surface area contributed by atoms with Crippen LogP contribution < -0.4 is 0 Å². The van der Waals surface area contributed by atoms with Gasteiger partial charge in [0.25, 0.3) is 0 Å². The Kier molecular flexibility index (Phi) is 3.72. The van der Waals surface area contributed by atoms with Gasteiger partial charge in [-0.15, -0.1) is 11.3 Å². The fourth-order valence-corrected chi connectivity index (χ4v) is 2.52. The quantitative estimate of drug-likeness (QED) is 0.787. The Morgan fingerprint density at radius 2 is 2.53 bits per heavy atom. The van der Waals surface area contributed by atoms with Crippen molar-refractivity contribution in [1.82, 2.24) is 9.88 Å². The summed E-state index contributed by atoms with van der Waals surface area (Å²) < 4.78 is 5.42. The van der Waals surface area contributed by atoms with E-state index in [1.54, 1.807) is 11.3 Å². The molecule has 1 aromatic heterocycles. The zero-order valence-electron chi connectivity index (χ0n) is 9.40. The molecule has 1 saturated heterocycles. The Balaban J connectivity index is 1.95. The van der Waals surface area contributed by atoms with E-state index in [0.717, 1.165) is 32.7 Å². The van der Waals surface area contributed by atoms with Crippen LogP contribution in [0.1, 0.15) is 24.5 Å². The monoisotopic (exact) mass is 226 g/mol. The lowest BCUT2D eigenvalue weighted by Crippen LogP contribution is -2.42. The van der Waals surface area contributed by atoms with Crippen LogP contribution in [0.3, 0.4) is 0 Å². The normalized spacial score (nSPS) is 23.2. The van der Waals surface area contributed by atoms with Gasteiger partial charge >= 0.3 is 0 Å². The van der Waals surface area contributed by atoms with E-state index in [1.165, 1.54) is 10.7 Å². The van der Waals surface area contributed by atoms with Gasteiger partial charge in [0.15, 0.2) is 0 Å². The SMILES string of the molecule is CCc1nc(CN2CCOC[C@H]2C)cs1. The molecule has 0 aliphatic carbocycles. The van der Waals surface area contributed by atoms with Gasteiger partial charge in [0.1, 0.15) is 0 Å². The van der Waals surface area contributed by atoms with Crippen molar-refractivity contribution in [3.05, 3.63) is 16.1 Å². The number of ether oxygens (including phenoxy) is 1. The number of hydrogen-bond donors (Lipinski definition) is 0. The fraction of sp³-hybridized carbons (Fsp3) is 0.727. The standard InChI is InChI=1S/C11H18N2OS/c1-3-11-12-10(8-15-11)6-13-4-5-14-7-9(13)2/h8-9H,3-7H2,1-2H3/t9-/m1/s1. The van der Waals surface area contributed by atoms with Crippen LogP contribution in [-0.4, -0.2) is 35.7 Å². The Morgan fingerprint density at radius 3 is 3.20 bits per heavy atom. The maximum atomic E-state index is 5.42. The van der Waals surface area contributed by atoms with Gasteiger partial charge in [0.05, 0.1) is 23.9 Å². The van der Waals surface area contributed by atoms with Crippen LogP contribution in [0.15, 0.2) is 5.38 Å². The van der Waals surface area contributed by atoms with Crippen molar-refractivity contribution in [2.75, 3.05) is 19.8 Å². The second kappa shape index (κ2) is 5.05. The average Bonchev–Trinajstić information content (AvgIpc) is 2.69. The smallest absolute Gasteiger partial charge is 0.0926 e. The highest BCUT2D eigenvalue weighted by atomic mass is 32.1. The molecule has 0 N–H and O–H groups in total. The molecule has 1 atom stereocenters. The molecule has 2 heterocycles. The number of morpholine rings is 1. The van der Waals surface area contributed by atoms with Crippen molar-refractivity contribution in [2.24, 2.45) is 0 Å². The van der Waals surface area contributed by atoms with Crippen molar-refractivity contribution in [3.63, 3.8) is 0 Å². The van der Waals surface area contributed by atoms with E-state index < -0.39 is 0 Å². The second-order valence-corrected chi connectivity index (χ2v) is 4.92. The van der Waals surface area contributed by atoms with Crippen LogP contribution in [0.4, 0.5) is 0 Å². The fourth-order valence-electron chi connectivity index (χ4n) is 1.79. The molecule has 0 unspecified atom stereocenters. The summed E-state index contributed by atoms with van der Waals surface area (Å²) in [6.45, 7) is 8.08. The Labute approximate surface area is 95.1 Å². The molecule has 0 aromatic carbocycles. The molecule has 0 amide bonds. The van der Waals surface area contributed by atoms with Crippen molar-refractivity contribution in [1.29, 1.82) is 0 Å². The zero-order chi connectivity index (χ0) is 10.7. The molecule has 84 valence electrons. The molecule has 3 nitrogen and oxygen atoms in total. The van der Waals surface area contributed by atoms with Gasteiger partial charge in [-0.3, -0.25) is 4.90 Å². The van der Waals surface area contributed by atoms with E-state index >= 15 is 0 Å². The summed E-state index contributed by atoms with van der Waals surface area (Å²) in [5.41, 5.74) is 1.21. The summed E-state index contributed by atoms with van der Waals surface area (Å²) in [6, 6.07) is 0.519. The first kappa shape index (κ1) is 11.0. The first-order valence-electron chi connectivity index (χ1n) is 5.54. The lowest BCUT2D eigenvalue weighted by Gasteiger charge is -2.32. The maximum absolute atomic E-state index is 5.42. The van der Waals surface area contributed by atoms with Gasteiger partial charge in [0, 0.05) is 24.5 Å². The number of hydrogen-bond acceptors (Lipinski definition) is 4. The number of aromatic nitrogens is 1. The topological polar surface area (TPSA) is 25.4 Å². The molecule has 1 fully saturated rings. The molecule has 0 bridgehead atoms. The van der Waals surface area contributed by atoms with E-state index in [1.807, 2.05) is 0 Å². The van der Waals surface area contributed by atoms with E-state index in [-0.39, 0.29) is 0 Å². The van der Waals surface area contributed by atoms with Crippen LogP contribution in [0.5, 0.6) is 0 Å². The Hall–Kier alpha value is -0.450. The second-order valence-electron chi connectivity index (χ2n) is 3.98. The van der Waals surface area contributed by atoms with Crippen LogP contribution in [-0.2, 0) is 17.7 Å². The minimum atomic E-state index is 0.519. The minimum Gasteiger partial charge on any atom is -0.379 e. The van der Waals surface area contributed by atoms with Gasteiger partial charge < -0.3 is 4.74 Å².